The van der Waals surface area contributed by atoms with Crippen LogP contribution in [0.2, 0.25) is 0 Å². The maximum absolute atomic E-state index is 5.90. The molecular formula is C22H32N4O3. The van der Waals surface area contributed by atoms with Gasteiger partial charge >= 0.3 is 0 Å². The quantitative estimate of drug-likeness (QED) is 0.490. The van der Waals surface area contributed by atoms with Crippen LogP contribution < -0.4 is 24.8 Å². The van der Waals surface area contributed by atoms with Crippen molar-refractivity contribution in [1.82, 2.24) is 15.6 Å². The van der Waals surface area contributed by atoms with E-state index < -0.39 is 0 Å². The lowest BCUT2D eigenvalue weighted by molar-refractivity contribution is 0.342. The van der Waals surface area contributed by atoms with E-state index in [1.807, 2.05) is 30.3 Å². The van der Waals surface area contributed by atoms with Gasteiger partial charge in [0.25, 0.3) is 0 Å². The third-order valence-corrected chi connectivity index (χ3v) is 4.52. The molecule has 1 aromatic heterocycles. The SMILES string of the molecule is CCNC(=NCc1ccc(Oc2c(OC)cccc2OC)nc1)NC(C)C(C)C. The lowest BCUT2D eigenvalue weighted by Crippen LogP contribution is -2.44. The normalized spacial score (nSPS) is 12.4. The molecule has 0 amide bonds. The van der Waals surface area contributed by atoms with Crippen molar-refractivity contribution in [2.75, 3.05) is 20.8 Å². The van der Waals surface area contributed by atoms with E-state index >= 15 is 0 Å². The molecule has 0 aliphatic carbocycles. The van der Waals surface area contributed by atoms with Crippen LogP contribution in [0, 0.1) is 5.92 Å². The molecule has 0 fully saturated rings. The summed E-state index contributed by atoms with van der Waals surface area (Å²) in [6, 6.07) is 9.56. The predicted molar refractivity (Wildman–Crippen MR) is 116 cm³/mol. The zero-order chi connectivity index (χ0) is 21.2. The van der Waals surface area contributed by atoms with Crippen molar-refractivity contribution in [2.24, 2.45) is 10.9 Å². The van der Waals surface area contributed by atoms with Crippen molar-refractivity contribution >= 4 is 5.96 Å². The molecule has 0 spiro atoms. The molecule has 158 valence electrons. The summed E-state index contributed by atoms with van der Waals surface area (Å²) < 4.78 is 16.6. The standard InChI is InChI=1S/C22H32N4O3/c1-7-23-22(26-16(4)15(2)3)25-14-17-11-12-20(24-13-17)29-21-18(27-5)9-8-10-19(21)28-6/h8-13,15-16H,7,14H2,1-6H3,(H2,23,25,26). The summed E-state index contributed by atoms with van der Waals surface area (Å²) >= 11 is 0. The largest absolute Gasteiger partial charge is 0.493 e. The highest BCUT2D eigenvalue weighted by Crippen LogP contribution is 2.39. The van der Waals surface area contributed by atoms with E-state index in [0.29, 0.717) is 41.6 Å². The van der Waals surface area contributed by atoms with Gasteiger partial charge in [-0.15, -0.1) is 0 Å². The van der Waals surface area contributed by atoms with E-state index in [1.54, 1.807) is 20.4 Å². The first kappa shape index (κ1) is 22.3. The minimum absolute atomic E-state index is 0.331. The first-order valence-corrected chi connectivity index (χ1v) is 9.87. The number of ether oxygens (including phenoxy) is 3. The molecule has 0 saturated heterocycles. The Morgan fingerprint density at radius 3 is 2.28 bits per heavy atom. The fourth-order valence-corrected chi connectivity index (χ4v) is 2.46. The van der Waals surface area contributed by atoms with Gasteiger partial charge in [0.2, 0.25) is 11.6 Å². The Labute approximate surface area is 173 Å². The average molecular weight is 401 g/mol. The minimum Gasteiger partial charge on any atom is -0.493 e. The van der Waals surface area contributed by atoms with Gasteiger partial charge in [-0.05, 0) is 37.5 Å². The molecule has 7 nitrogen and oxygen atoms in total. The first-order valence-electron chi connectivity index (χ1n) is 9.87. The van der Waals surface area contributed by atoms with Gasteiger partial charge in [-0.25, -0.2) is 9.98 Å². The van der Waals surface area contributed by atoms with Gasteiger partial charge < -0.3 is 24.8 Å². The molecule has 0 radical (unpaired) electrons. The molecule has 1 aromatic carbocycles. The van der Waals surface area contributed by atoms with Crippen LogP contribution in [0.5, 0.6) is 23.1 Å². The van der Waals surface area contributed by atoms with Crippen LogP contribution in [-0.4, -0.2) is 37.7 Å². The molecule has 7 heteroatoms. The van der Waals surface area contributed by atoms with Crippen LogP contribution in [0.1, 0.15) is 33.3 Å². The lowest BCUT2D eigenvalue weighted by Gasteiger charge is -2.20. The van der Waals surface area contributed by atoms with Gasteiger partial charge in [-0.3, -0.25) is 0 Å². The number of benzene rings is 1. The first-order chi connectivity index (χ1) is 14.0. The molecule has 0 aliphatic heterocycles. The molecule has 0 saturated carbocycles. The highest BCUT2D eigenvalue weighted by Gasteiger charge is 2.13. The molecule has 0 bridgehead atoms. The van der Waals surface area contributed by atoms with Gasteiger partial charge in [0.15, 0.2) is 17.5 Å². The average Bonchev–Trinajstić information content (AvgIpc) is 2.73. The number of aliphatic imine (C=N–C) groups is 1. The molecule has 2 N–H and O–H groups in total. The third-order valence-electron chi connectivity index (χ3n) is 4.52. The van der Waals surface area contributed by atoms with Crippen LogP contribution in [0.4, 0.5) is 0 Å². The zero-order valence-electron chi connectivity index (χ0n) is 18.2. The van der Waals surface area contributed by atoms with Crippen molar-refractivity contribution in [3.05, 3.63) is 42.1 Å². The van der Waals surface area contributed by atoms with Gasteiger partial charge in [0.1, 0.15) is 0 Å². The lowest BCUT2D eigenvalue weighted by atomic mass is 10.1. The Kier molecular flexibility index (Phi) is 8.58. The molecule has 2 rings (SSSR count). The predicted octanol–water partition coefficient (Wildman–Crippen LogP) is 3.99. The number of methoxy groups -OCH3 is 2. The van der Waals surface area contributed by atoms with Crippen molar-refractivity contribution in [2.45, 2.75) is 40.3 Å². The summed E-state index contributed by atoms with van der Waals surface area (Å²) in [4.78, 5) is 9.04. The van der Waals surface area contributed by atoms with Crippen LogP contribution in [0.25, 0.3) is 0 Å². The number of nitrogens with one attached hydrogen (secondary N) is 2. The van der Waals surface area contributed by atoms with Crippen molar-refractivity contribution in [3.63, 3.8) is 0 Å². The Morgan fingerprint density at radius 2 is 1.76 bits per heavy atom. The van der Waals surface area contributed by atoms with E-state index in [-0.39, 0.29) is 0 Å². The van der Waals surface area contributed by atoms with Gasteiger partial charge in [-0.1, -0.05) is 26.0 Å². The number of nitrogens with zero attached hydrogens (tertiary/aromatic N) is 2. The summed E-state index contributed by atoms with van der Waals surface area (Å²) in [7, 11) is 3.18. The second kappa shape index (κ2) is 11.1. The molecule has 1 unspecified atom stereocenters. The Bertz CT molecular complexity index is 769. The Balaban J connectivity index is 2.08. The molecule has 0 aliphatic rings. The highest BCUT2D eigenvalue weighted by molar-refractivity contribution is 5.80. The second-order valence-electron chi connectivity index (χ2n) is 6.97. The third kappa shape index (κ3) is 6.55. The second-order valence-corrected chi connectivity index (χ2v) is 6.97. The number of rotatable bonds is 9. The maximum atomic E-state index is 5.90. The van der Waals surface area contributed by atoms with Crippen molar-refractivity contribution in [1.29, 1.82) is 0 Å². The van der Waals surface area contributed by atoms with Gasteiger partial charge in [-0.2, -0.15) is 0 Å². The van der Waals surface area contributed by atoms with Crippen LogP contribution in [0.15, 0.2) is 41.5 Å². The fourth-order valence-electron chi connectivity index (χ4n) is 2.46. The van der Waals surface area contributed by atoms with Crippen LogP contribution in [-0.2, 0) is 6.54 Å². The number of aromatic nitrogens is 1. The number of guanidine groups is 1. The summed E-state index contributed by atoms with van der Waals surface area (Å²) in [5.41, 5.74) is 0.985. The molecule has 1 heterocycles. The number of pyridine rings is 1. The smallest absolute Gasteiger partial charge is 0.219 e. The van der Waals surface area contributed by atoms with E-state index in [2.05, 4.69) is 48.3 Å². The Morgan fingerprint density at radius 1 is 1.07 bits per heavy atom. The topological polar surface area (TPSA) is 77.0 Å². The van der Waals surface area contributed by atoms with E-state index in [1.165, 1.54) is 0 Å². The summed E-state index contributed by atoms with van der Waals surface area (Å²) in [5.74, 6) is 3.44. The number of hydrogen-bond donors (Lipinski definition) is 2. The molecule has 1 atom stereocenters. The Hall–Kier alpha value is -2.96. The molecular weight excluding hydrogens is 368 g/mol. The summed E-state index contributed by atoms with van der Waals surface area (Å²) in [6.07, 6.45) is 1.76. The number of para-hydroxylation sites is 1. The minimum atomic E-state index is 0.331. The van der Waals surface area contributed by atoms with E-state index in [0.717, 1.165) is 18.1 Å². The number of hydrogen-bond acceptors (Lipinski definition) is 5. The van der Waals surface area contributed by atoms with E-state index in [9.17, 15) is 0 Å². The summed E-state index contributed by atoms with van der Waals surface area (Å²) in [5, 5.41) is 6.70. The van der Waals surface area contributed by atoms with E-state index in [4.69, 9.17) is 14.2 Å². The zero-order valence-corrected chi connectivity index (χ0v) is 18.2. The van der Waals surface area contributed by atoms with Gasteiger partial charge in [0.05, 0.1) is 20.8 Å². The monoisotopic (exact) mass is 400 g/mol. The van der Waals surface area contributed by atoms with Crippen LogP contribution >= 0.6 is 0 Å². The summed E-state index contributed by atoms with van der Waals surface area (Å²) in [6.45, 7) is 9.89. The highest BCUT2D eigenvalue weighted by atomic mass is 16.5. The van der Waals surface area contributed by atoms with Crippen molar-refractivity contribution < 1.29 is 14.2 Å². The van der Waals surface area contributed by atoms with Crippen molar-refractivity contribution in [3.8, 4) is 23.1 Å². The maximum Gasteiger partial charge on any atom is 0.219 e. The fraction of sp³-hybridized carbons (Fsp3) is 0.455. The molecule has 2 aromatic rings. The van der Waals surface area contributed by atoms with Crippen LogP contribution in [0.3, 0.4) is 0 Å². The molecule has 29 heavy (non-hydrogen) atoms. The van der Waals surface area contributed by atoms with Gasteiger partial charge in [0, 0.05) is 24.8 Å².